The molecule has 1 amide bonds. The van der Waals surface area contributed by atoms with E-state index in [2.05, 4.69) is 10.3 Å². The molecule has 1 heterocycles. The van der Waals surface area contributed by atoms with Crippen molar-refractivity contribution in [2.45, 2.75) is 11.8 Å². The maximum atomic E-state index is 12.7. The SMILES string of the molecule is Cc1[nH]cc(NC(=O)CSc2ccc(F)cc2)c1C(=O)O. The van der Waals surface area contributed by atoms with Crippen LogP contribution in [0.15, 0.2) is 35.4 Å². The van der Waals surface area contributed by atoms with Gasteiger partial charge in [-0.3, -0.25) is 4.79 Å². The molecular formula is C14H13FN2O3S. The number of halogens is 1. The summed E-state index contributed by atoms with van der Waals surface area (Å²) in [6.45, 7) is 1.62. The van der Waals surface area contributed by atoms with Gasteiger partial charge >= 0.3 is 5.97 Å². The molecule has 5 nitrogen and oxygen atoms in total. The minimum Gasteiger partial charge on any atom is -0.478 e. The number of aryl methyl sites for hydroxylation is 1. The number of carboxylic acids is 1. The fraction of sp³-hybridized carbons (Fsp3) is 0.143. The summed E-state index contributed by atoms with van der Waals surface area (Å²) in [6.07, 6.45) is 1.44. The Balaban J connectivity index is 1.96. The Morgan fingerprint density at radius 1 is 1.33 bits per heavy atom. The predicted molar refractivity (Wildman–Crippen MR) is 78.2 cm³/mol. The number of benzene rings is 1. The summed E-state index contributed by atoms with van der Waals surface area (Å²) >= 11 is 1.24. The molecule has 0 bridgehead atoms. The second-order valence-corrected chi connectivity index (χ2v) is 5.35. The van der Waals surface area contributed by atoms with Gasteiger partial charge in [0, 0.05) is 16.8 Å². The highest BCUT2D eigenvalue weighted by molar-refractivity contribution is 8.00. The van der Waals surface area contributed by atoms with Crippen LogP contribution in [-0.2, 0) is 4.79 Å². The van der Waals surface area contributed by atoms with Crippen LogP contribution >= 0.6 is 11.8 Å². The van der Waals surface area contributed by atoms with Crippen LogP contribution in [0.1, 0.15) is 16.1 Å². The zero-order valence-corrected chi connectivity index (χ0v) is 12.0. The number of rotatable bonds is 5. The molecule has 3 N–H and O–H groups in total. The highest BCUT2D eigenvalue weighted by Gasteiger charge is 2.17. The van der Waals surface area contributed by atoms with Crippen LogP contribution in [0, 0.1) is 12.7 Å². The Kier molecular flexibility index (Phi) is 4.64. The van der Waals surface area contributed by atoms with Gasteiger partial charge < -0.3 is 15.4 Å². The van der Waals surface area contributed by atoms with Gasteiger partial charge in [0.25, 0.3) is 0 Å². The van der Waals surface area contributed by atoms with Gasteiger partial charge in [-0.1, -0.05) is 0 Å². The van der Waals surface area contributed by atoms with Crippen LogP contribution in [-0.4, -0.2) is 27.7 Å². The van der Waals surface area contributed by atoms with Gasteiger partial charge in [-0.05, 0) is 31.2 Å². The standard InChI is InChI=1S/C14H13FN2O3S/c1-8-13(14(19)20)11(6-16-8)17-12(18)7-21-10-4-2-9(15)3-5-10/h2-6,16H,7H2,1H3,(H,17,18)(H,19,20). The second kappa shape index (κ2) is 6.45. The molecule has 0 aliphatic rings. The summed E-state index contributed by atoms with van der Waals surface area (Å²) in [5.41, 5.74) is 0.767. The smallest absolute Gasteiger partial charge is 0.339 e. The van der Waals surface area contributed by atoms with E-state index in [1.165, 1.54) is 30.1 Å². The number of anilines is 1. The highest BCUT2D eigenvalue weighted by Crippen LogP contribution is 2.21. The van der Waals surface area contributed by atoms with Crippen molar-refractivity contribution >= 4 is 29.3 Å². The predicted octanol–water partition coefficient (Wildman–Crippen LogP) is 2.89. The molecule has 2 aromatic rings. The third kappa shape index (κ3) is 3.85. The van der Waals surface area contributed by atoms with Crippen LogP contribution in [0.3, 0.4) is 0 Å². The van der Waals surface area contributed by atoms with Gasteiger partial charge in [0.2, 0.25) is 5.91 Å². The molecular weight excluding hydrogens is 295 g/mol. The third-order valence-corrected chi connectivity index (χ3v) is 3.76. The lowest BCUT2D eigenvalue weighted by Gasteiger charge is -2.05. The number of aromatic carboxylic acids is 1. The van der Waals surface area contributed by atoms with Crippen molar-refractivity contribution in [2.24, 2.45) is 0 Å². The Hall–Kier alpha value is -2.28. The molecule has 2 rings (SSSR count). The van der Waals surface area contributed by atoms with E-state index in [0.29, 0.717) is 5.69 Å². The van der Waals surface area contributed by atoms with E-state index in [1.807, 2.05) is 0 Å². The van der Waals surface area contributed by atoms with Gasteiger partial charge in [-0.25, -0.2) is 9.18 Å². The fourth-order valence-electron chi connectivity index (χ4n) is 1.77. The van der Waals surface area contributed by atoms with Crippen molar-refractivity contribution in [2.75, 3.05) is 11.1 Å². The zero-order chi connectivity index (χ0) is 15.4. The first kappa shape index (κ1) is 15.1. The molecule has 1 aromatic carbocycles. The first-order chi connectivity index (χ1) is 9.97. The van der Waals surface area contributed by atoms with Crippen LogP contribution in [0.5, 0.6) is 0 Å². The van der Waals surface area contributed by atoms with Crippen LogP contribution in [0.25, 0.3) is 0 Å². The van der Waals surface area contributed by atoms with Crippen molar-refractivity contribution in [3.8, 4) is 0 Å². The van der Waals surface area contributed by atoms with Crippen molar-refractivity contribution in [3.05, 3.63) is 47.5 Å². The van der Waals surface area contributed by atoms with Gasteiger partial charge in [0.15, 0.2) is 0 Å². The molecule has 0 aliphatic heterocycles. The minimum absolute atomic E-state index is 0.0510. The number of thioether (sulfide) groups is 1. The lowest BCUT2D eigenvalue weighted by atomic mass is 10.2. The van der Waals surface area contributed by atoms with Crippen molar-refractivity contribution in [3.63, 3.8) is 0 Å². The van der Waals surface area contributed by atoms with E-state index >= 15 is 0 Å². The largest absolute Gasteiger partial charge is 0.478 e. The van der Waals surface area contributed by atoms with Gasteiger partial charge in [-0.15, -0.1) is 11.8 Å². The number of aromatic nitrogens is 1. The number of carbonyl (C=O) groups excluding carboxylic acids is 1. The van der Waals surface area contributed by atoms with Crippen LogP contribution < -0.4 is 5.32 Å². The molecule has 110 valence electrons. The lowest BCUT2D eigenvalue weighted by Crippen LogP contribution is -2.15. The van der Waals surface area contributed by atoms with Gasteiger partial charge in [0.05, 0.1) is 11.4 Å². The van der Waals surface area contributed by atoms with E-state index in [-0.39, 0.29) is 28.7 Å². The first-order valence-corrected chi connectivity index (χ1v) is 7.05. The molecule has 0 spiro atoms. The second-order valence-electron chi connectivity index (χ2n) is 4.30. The Bertz CT molecular complexity index is 667. The number of aromatic amines is 1. The van der Waals surface area contributed by atoms with Crippen molar-refractivity contribution in [1.29, 1.82) is 0 Å². The van der Waals surface area contributed by atoms with Gasteiger partial charge in [0.1, 0.15) is 11.4 Å². The summed E-state index contributed by atoms with van der Waals surface area (Å²) in [7, 11) is 0. The summed E-state index contributed by atoms with van der Waals surface area (Å²) in [5, 5.41) is 11.6. The molecule has 0 atom stereocenters. The average molecular weight is 308 g/mol. The number of H-pyrrole nitrogens is 1. The first-order valence-electron chi connectivity index (χ1n) is 6.07. The Labute approximate surface area is 124 Å². The van der Waals surface area contributed by atoms with E-state index < -0.39 is 5.97 Å². The number of nitrogens with one attached hydrogen (secondary N) is 2. The molecule has 0 fully saturated rings. The molecule has 21 heavy (non-hydrogen) atoms. The topological polar surface area (TPSA) is 82.2 Å². The van der Waals surface area contributed by atoms with Crippen molar-refractivity contribution < 1.29 is 19.1 Å². The van der Waals surface area contributed by atoms with Gasteiger partial charge in [-0.2, -0.15) is 0 Å². The molecule has 0 radical (unpaired) electrons. The molecule has 0 saturated heterocycles. The molecule has 0 saturated carbocycles. The normalized spacial score (nSPS) is 10.4. The number of hydrogen-bond donors (Lipinski definition) is 3. The number of hydrogen-bond acceptors (Lipinski definition) is 3. The zero-order valence-electron chi connectivity index (χ0n) is 11.1. The number of carboxylic acid groups (broad SMARTS) is 1. The Morgan fingerprint density at radius 2 is 2.00 bits per heavy atom. The highest BCUT2D eigenvalue weighted by atomic mass is 32.2. The lowest BCUT2D eigenvalue weighted by molar-refractivity contribution is -0.113. The maximum absolute atomic E-state index is 12.7. The molecule has 0 unspecified atom stereocenters. The number of amides is 1. The molecule has 1 aromatic heterocycles. The third-order valence-electron chi connectivity index (χ3n) is 2.75. The monoisotopic (exact) mass is 308 g/mol. The number of carbonyl (C=O) groups is 2. The van der Waals surface area contributed by atoms with E-state index in [0.717, 1.165) is 4.90 Å². The molecule has 7 heteroatoms. The molecule has 0 aliphatic carbocycles. The van der Waals surface area contributed by atoms with Crippen LogP contribution in [0.2, 0.25) is 0 Å². The maximum Gasteiger partial charge on any atom is 0.339 e. The van der Waals surface area contributed by atoms with Crippen molar-refractivity contribution in [1.82, 2.24) is 4.98 Å². The quantitative estimate of drug-likeness (QED) is 0.742. The minimum atomic E-state index is -1.10. The summed E-state index contributed by atoms with van der Waals surface area (Å²) < 4.78 is 12.7. The fourth-order valence-corrected chi connectivity index (χ4v) is 2.47. The van der Waals surface area contributed by atoms with E-state index in [1.54, 1.807) is 19.1 Å². The van der Waals surface area contributed by atoms with Crippen LogP contribution in [0.4, 0.5) is 10.1 Å². The average Bonchev–Trinajstić information content (AvgIpc) is 2.79. The summed E-state index contributed by atoms with van der Waals surface area (Å²) in [5.74, 6) is -1.66. The van der Waals surface area contributed by atoms with E-state index in [4.69, 9.17) is 5.11 Å². The summed E-state index contributed by atoms with van der Waals surface area (Å²) in [6, 6.07) is 5.80. The summed E-state index contributed by atoms with van der Waals surface area (Å²) in [4.78, 5) is 26.4. The Morgan fingerprint density at radius 3 is 2.62 bits per heavy atom. The van der Waals surface area contributed by atoms with E-state index in [9.17, 15) is 14.0 Å².